The number of nitro benzene ring substituents is 2. The van der Waals surface area contributed by atoms with Gasteiger partial charge in [0, 0.05) is 6.07 Å². The quantitative estimate of drug-likeness (QED) is 0.280. The molecule has 0 saturated heterocycles. The topological polar surface area (TPSA) is 163 Å². The van der Waals surface area contributed by atoms with Crippen molar-refractivity contribution in [1.29, 1.82) is 0 Å². The number of hydrogen-bond donors (Lipinski definition) is 1. The van der Waals surface area contributed by atoms with E-state index in [9.17, 15) is 28.6 Å². The van der Waals surface area contributed by atoms with Crippen LogP contribution in [0.1, 0.15) is 5.56 Å². The third-order valence-electron chi connectivity index (χ3n) is 4.20. The molecule has 0 unspecified atom stereocenters. The Morgan fingerprint density at radius 2 is 1.61 bits per heavy atom. The lowest BCUT2D eigenvalue weighted by molar-refractivity contribution is -0.394. The van der Waals surface area contributed by atoms with Gasteiger partial charge in [-0.3, -0.25) is 20.2 Å². The molecule has 0 aromatic heterocycles. The van der Waals surface area contributed by atoms with E-state index in [0.29, 0.717) is 5.56 Å². The number of ether oxygens (including phenoxy) is 2. The van der Waals surface area contributed by atoms with Gasteiger partial charge in [-0.2, -0.15) is 13.5 Å². The van der Waals surface area contributed by atoms with Gasteiger partial charge in [-0.15, -0.1) is 0 Å². The van der Waals surface area contributed by atoms with Crippen LogP contribution in [-0.2, 0) is 10.0 Å². The van der Waals surface area contributed by atoms with Gasteiger partial charge in [-0.1, -0.05) is 18.2 Å². The van der Waals surface area contributed by atoms with Crippen LogP contribution in [0.5, 0.6) is 17.2 Å². The second-order valence-corrected chi connectivity index (χ2v) is 8.01. The molecule has 0 aliphatic carbocycles. The minimum absolute atomic E-state index is 0.0337. The number of non-ortho nitro benzene ring substituents is 1. The molecule has 0 spiro atoms. The van der Waals surface area contributed by atoms with Crippen LogP contribution < -0.4 is 14.3 Å². The van der Waals surface area contributed by atoms with Crippen LogP contribution in [0.25, 0.3) is 0 Å². The summed E-state index contributed by atoms with van der Waals surface area (Å²) in [6, 6.07) is 15.0. The largest absolute Gasteiger partial charge is 0.493 e. The van der Waals surface area contributed by atoms with Crippen LogP contribution in [0.4, 0.5) is 11.4 Å². The van der Waals surface area contributed by atoms with Crippen LogP contribution in [0, 0.1) is 20.2 Å². The van der Waals surface area contributed by atoms with E-state index in [1.807, 2.05) is 0 Å². The second kappa shape index (κ2) is 9.74. The number of sulfonamides is 1. The third kappa shape index (κ3) is 5.59. The molecule has 3 aromatic carbocycles. The highest BCUT2D eigenvalue weighted by Crippen LogP contribution is 2.38. The van der Waals surface area contributed by atoms with Crippen LogP contribution >= 0.6 is 0 Å². The monoisotopic (exact) mass is 472 g/mol. The Hall–Kier alpha value is -4.52. The van der Waals surface area contributed by atoms with E-state index in [4.69, 9.17) is 9.47 Å². The number of nitrogens with one attached hydrogen (secondary N) is 1. The fourth-order valence-electron chi connectivity index (χ4n) is 2.64. The SMILES string of the molecule is COc1ccc(/C=N\NS(=O)(=O)c2ccccc2)cc1Oc1ccc([N+](=O)[O-])cc1[N+](=O)[O-]. The maximum Gasteiger partial charge on any atom is 0.318 e. The van der Waals surface area contributed by atoms with Gasteiger partial charge in [0.15, 0.2) is 11.5 Å². The van der Waals surface area contributed by atoms with Crippen LogP contribution in [0.3, 0.4) is 0 Å². The molecule has 1 N–H and O–H groups in total. The first-order chi connectivity index (χ1) is 15.7. The molecule has 3 rings (SSSR count). The number of methoxy groups -OCH3 is 1. The predicted octanol–water partition coefficient (Wildman–Crippen LogP) is 3.62. The molecule has 0 radical (unpaired) electrons. The molecular weight excluding hydrogens is 456 g/mol. The van der Waals surface area contributed by atoms with Gasteiger partial charge >= 0.3 is 5.69 Å². The summed E-state index contributed by atoms with van der Waals surface area (Å²) in [5, 5.41) is 26.0. The number of rotatable bonds is 9. The van der Waals surface area contributed by atoms with E-state index in [1.165, 1.54) is 37.6 Å². The van der Waals surface area contributed by atoms with Crippen molar-refractivity contribution in [2.24, 2.45) is 5.10 Å². The molecule has 0 aliphatic rings. The lowest BCUT2D eigenvalue weighted by Gasteiger charge is -2.11. The maximum atomic E-state index is 12.2. The van der Waals surface area contributed by atoms with E-state index >= 15 is 0 Å². The summed E-state index contributed by atoms with van der Waals surface area (Å²) in [5.41, 5.74) is -0.695. The molecule has 33 heavy (non-hydrogen) atoms. The summed E-state index contributed by atoms with van der Waals surface area (Å²) in [6.07, 6.45) is 1.21. The highest BCUT2D eigenvalue weighted by atomic mass is 32.2. The fraction of sp³-hybridized carbons (Fsp3) is 0.0500. The molecule has 13 heteroatoms. The highest BCUT2D eigenvalue weighted by molar-refractivity contribution is 7.89. The van der Waals surface area contributed by atoms with Crippen LogP contribution in [0.15, 0.2) is 76.7 Å². The smallest absolute Gasteiger partial charge is 0.318 e. The van der Waals surface area contributed by atoms with Crippen molar-refractivity contribution in [2.75, 3.05) is 7.11 Å². The van der Waals surface area contributed by atoms with Gasteiger partial charge in [0.2, 0.25) is 5.75 Å². The first-order valence-corrected chi connectivity index (χ1v) is 10.6. The highest BCUT2D eigenvalue weighted by Gasteiger charge is 2.22. The molecule has 0 atom stereocenters. The number of hydrazone groups is 1. The van der Waals surface area contributed by atoms with Crippen molar-refractivity contribution in [2.45, 2.75) is 4.90 Å². The summed E-state index contributed by atoms with van der Waals surface area (Å²) in [7, 11) is -2.51. The molecule has 0 heterocycles. The van der Waals surface area contributed by atoms with Gasteiger partial charge in [-0.05, 0) is 42.0 Å². The standard InChI is InChI=1S/C20H16N4O8S/c1-31-19-9-7-14(13-21-22-33(29,30)16-5-3-2-4-6-16)11-20(19)32-18-10-8-15(23(25)26)12-17(18)24(27)28/h2-13,22H,1H3/b21-13-. The van der Waals surface area contributed by atoms with E-state index < -0.39 is 31.2 Å². The van der Waals surface area contributed by atoms with Gasteiger partial charge in [0.05, 0.1) is 34.1 Å². The van der Waals surface area contributed by atoms with Crippen molar-refractivity contribution < 1.29 is 27.7 Å². The van der Waals surface area contributed by atoms with Crippen molar-refractivity contribution in [1.82, 2.24) is 4.83 Å². The number of benzene rings is 3. The minimum atomic E-state index is -3.86. The maximum absolute atomic E-state index is 12.2. The zero-order valence-electron chi connectivity index (χ0n) is 16.9. The van der Waals surface area contributed by atoms with Crippen molar-refractivity contribution in [3.63, 3.8) is 0 Å². The molecule has 3 aromatic rings. The van der Waals surface area contributed by atoms with E-state index in [-0.39, 0.29) is 22.1 Å². The fourth-order valence-corrected chi connectivity index (χ4v) is 3.46. The van der Waals surface area contributed by atoms with E-state index in [2.05, 4.69) is 9.93 Å². The van der Waals surface area contributed by atoms with Gasteiger partial charge in [-0.25, -0.2) is 4.83 Å². The van der Waals surface area contributed by atoms with Crippen molar-refractivity contribution in [3.8, 4) is 17.2 Å². The zero-order valence-corrected chi connectivity index (χ0v) is 17.8. The average Bonchev–Trinajstić information content (AvgIpc) is 2.79. The Balaban J connectivity index is 1.87. The molecular formula is C20H16N4O8S. The normalized spacial score (nSPS) is 11.2. The first-order valence-electron chi connectivity index (χ1n) is 9.10. The Morgan fingerprint density at radius 3 is 2.24 bits per heavy atom. The van der Waals surface area contributed by atoms with Crippen LogP contribution in [-0.4, -0.2) is 31.6 Å². The lowest BCUT2D eigenvalue weighted by atomic mass is 10.2. The summed E-state index contributed by atoms with van der Waals surface area (Å²) in [4.78, 5) is 22.8. The van der Waals surface area contributed by atoms with Crippen molar-refractivity contribution >= 4 is 27.6 Å². The molecule has 170 valence electrons. The van der Waals surface area contributed by atoms with Gasteiger partial charge < -0.3 is 9.47 Å². The Labute approximate surface area is 187 Å². The average molecular weight is 472 g/mol. The molecule has 12 nitrogen and oxygen atoms in total. The van der Waals surface area contributed by atoms with Gasteiger partial charge in [0.1, 0.15) is 0 Å². The van der Waals surface area contributed by atoms with E-state index in [1.54, 1.807) is 24.3 Å². The summed E-state index contributed by atoms with van der Waals surface area (Å²) in [6.45, 7) is 0. The van der Waals surface area contributed by atoms with Crippen LogP contribution in [0.2, 0.25) is 0 Å². The Bertz CT molecular complexity index is 1330. The number of hydrogen-bond acceptors (Lipinski definition) is 9. The second-order valence-electron chi connectivity index (χ2n) is 6.34. The molecule has 0 saturated carbocycles. The summed E-state index contributed by atoms with van der Waals surface area (Å²) < 4.78 is 35.2. The molecule has 0 amide bonds. The predicted molar refractivity (Wildman–Crippen MR) is 117 cm³/mol. The molecule has 0 bridgehead atoms. The summed E-state index contributed by atoms with van der Waals surface area (Å²) in [5.74, 6) is 0.0109. The van der Waals surface area contributed by atoms with Crippen molar-refractivity contribution in [3.05, 3.63) is 92.5 Å². The Morgan fingerprint density at radius 1 is 0.909 bits per heavy atom. The Kier molecular flexibility index (Phi) is 6.83. The summed E-state index contributed by atoms with van der Waals surface area (Å²) >= 11 is 0. The number of nitro groups is 2. The lowest BCUT2D eigenvalue weighted by Crippen LogP contribution is -2.18. The number of nitrogens with zero attached hydrogens (tertiary/aromatic N) is 3. The zero-order chi connectivity index (χ0) is 24.0. The van der Waals surface area contributed by atoms with Gasteiger partial charge in [0.25, 0.3) is 15.7 Å². The first kappa shape index (κ1) is 23.1. The molecule has 0 aliphatic heterocycles. The van der Waals surface area contributed by atoms with E-state index in [0.717, 1.165) is 18.2 Å². The third-order valence-corrected chi connectivity index (χ3v) is 5.44. The minimum Gasteiger partial charge on any atom is -0.493 e. The molecule has 0 fully saturated rings.